The van der Waals surface area contributed by atoms with Gasteiger partial charge in [-0.1, -0.05) is 78.8 Å². The first kappa shape index (κ1) is 32.9. The van der Waals surface area contributed by atoms with Crippen LogP contribution >= 0.6 is 0 Å². The first-order chi connectivity index (χ1) is 18.2. The van der Waals surface area contributed by atoms with E-state index in [4.69, 9.17) is 18.9 Å². The van der Waals surface area contributed by atoms with Gasteiger partial charge in [-0.25, -0.2) is 0 Å². The minimum Gasteiger partial charge on any atom is -0.342 e. The summed E-state index contributed by atoms with van der Waals surface area (Å²) in [5.74, 6) is 10.3. The molecule has 0 amide bonds. The van der Waals surface area contributed by atoms with Crippen LogP contribution in [0.5, 0.6) is 0 Å². The number of hydrogen-bond donors (Lipinski definition) is 0. The quantitative estimate of drug-likeness (QED) is 0.250. The summed E-state index contributed by atoms with van der Waals surface area (Å²) < 4.78 is 23.5. The zero-order valence-corrected chi connectivity index (χ0v) is 28.7. The van der Waals surface area contributed by atoms with E-state index in [0.29, 0.717) is 11.8 Å². The highest BCUT2D eigenvalue weighted by atomic mass is 28.3. The second kappa shape index (κ2) is 14.5. The number of ether oxygens (including phenoxy) is 4. The van der Waals surface area contributed by atoms with Gasteiger partial charge >= 0.3 is 0 Å². The molecule has 2 aliphatic carbocycles. The van der Waals surface area contributed by atoms with Crippen LogP contribution in [0.3, 0.4) is 0 Å². The lowest BCUT2D eigenvalue weighted by Gasteiger charge is -2.39. The molecule has 0 spiro atoms. The molecule has 2 saturated heterocycles. The van der Waals surface area contributed by atoms with Gasteiger partial charge in [0.05, 0.1) is 26.4 Å². The van der Waals surface area contributed by atoms with E-state index >= 15 is 0 Å². The van der Waals surface area contributed by atoms with Crippen LogP contribution in [0, 0.1) is 58.4 Å². The Morgan fingerprint density at radius 1 is 0.564 bits per heavy atom. The Balaban J connectivity index is 0.000000216. The second-order valence-electron chi connectivity index (χ2n) is 15.1. The third-order valence-electron chi connectivity index (χ3n) is 8.75. The summed E-state index contributed by atoms with van der Waals surface area (Å²) in [4.78, 5) is 0. The predicted molar refractivity (Wildman–Crippen MR) is 167 cm³/mol. The smallest absolute Gasteiger partial charge is 0.230 e. The van der Waals surface area contributed by atoms with Crippen LogP contribution in [0.15, 0.2) is 0 Å². The second-order valence-corrected chi connectivity index (χ2v) is 24.6. The highest BCUT2D eigenvalue weighted by molar-refractivity contribution is 6.84. The van der Waals surface area contributed by atoms with E-state index < -0.39 is 21.9 Å². The van der Waals surface area contributed by atoms with Gasteiger partial charge < -0.3 is 18.9 Å². The Morgan fingerprint density at radius 3 is 1.38 bits per heavy atom. The van der Waals surface area contributed by atoms with Gasteiger partial charge in [-0.3, -0.25) is 0 Å². The minimum absolute atomic E-state index is 0.273. The standard InChI is InChI=1S/C17H30O2Si.C16H28O2Si/c1-14-6-8-15(9-7-14)16-12-18-17(2,19-13-16)10-11-20(3,4)5;1-13-5-7-14(8-6-13)15-11-17-16(18-12-15)9-10-19(2,3)4/h14-16H,6-9,12-13H2,1-5H3;13-16H,5-8,11-12H2,1-4H3. The van der Waals surface area contributed by atoms with E-state index in [2.05, 4.69) is 76.1 Å². The molecule has 0 radical (unpaired) electrons. The van der Waals surface area contributed by atoms with E-state index in [0.717, 1.165) is 50.1 Å². The molecule has 0 aromatic rings. The van der Waals surface area contributed by atoms with Crippen LogP contribution in [0.1, 0.15) is 72.1 Å². The fourth-order valence-electron chi connectivity index (χ4n) is 5.93. The summed E-state index contributed by atoms with van der Waals surface area (Å²) in [6, 6.07) is 0. The molecule has 4 rings (SSSR count). The molecular formula is C33H58O4Si2. The molecule has 39 heavy (non-hydrogen) atoms. The zero-order chi connectivity index (χ0) is 28.7. The molecular weight excluding hydrogens is 517 g/mol. The van der Waals surface area contributed by atoms with Crippen molar-refractivity contribution in [1.29, 1.82) is 0 Å². The largest absolute Gasteiger partial charge is 0.342 e. The third-order valence-corrected chi connectivity index (χ3v) is 10.5. The van der Waals surface area contributed by atoms with Crippen LogP contribution in [0.25, 0.3) is 0 Å². The van der Waals surface area contributed by atoms with E-state index in [9.17, 15) is 0 Å². The van der Waals surface area contributed by atoms with Gasteiger partial charge in [-0.05, 0) is 61.2 Å². The third kappa shape index (κ3) is 12.0. The van der Waals surface area contributed by atoms with E-state index in [-0.39, 0.29) is 6.29 Å². The Kier molecular flexibility index (Phi) is 12.3. The fourth-order valence-corrected chi connectivity index (χ4v) is 7.08. The Bertz CT molecular complexity index is 852. The van der Waals surface area contributed by atoms with Gasteiger partial charge in [0.15, 0.2) is 0 Å². The predicted octanol–water partition coefficient (Wildman–Crippen LogP) is 7.76. The van der Waals surface area contributed by atoms with Crippen molar-refractivity contribution in [3.8, 4) is 22.9 Å². The average Bonchev–Trinajstić information content (AvgIpc) is 2.88. The van der Waals surface area contributed by atoms with Crippen LogP contribution in [-0.2, 0) is 18.9 Å². The van der Waals surface area contributed by atoms with Gasteiger partial charge in [-0.15, -0.1) is 11.1 Å². The lowest BCUT2D eigenvalue weighted by Crippen LogP contribution is -2.44. The van der Waals surface area contributed by atoms with Crippen LogP contribution in [0.2, 0.25) is 39.3 Å². The van der Waals surface area contributed by atoms with Crippen molar-refractivity contribution < 1.29 is 18.9 Å². The molecule has 0 atom stereocenters. The summed E-state index contributed by atoms with van der Waals surface area (Å²) in [5, 5.41) is 0. The van der Waals surface area contributed by atoms with Crippen molar-refractivity contribution in [2.24, 2.45) is 35.5 Å². The normalized spacial score (nSPS) is 37.7. The number of hydrogen-bond acceptors (Lipinski definition) is 4. The number of rotatable bonds is 2. The van der Waals surface area contributed by atoms with Crippen LogP contribution in [0.4, 0.5) is 0 Å². The van der Waals surface area contributed by atoms with E-state index in [1.165, 1.54) is 51.4 Å². The van der Waals surface area contributed by atoms with E-state index in [1.54, 1.807) is 0 Å². The Labute approximate surface area is 243 Å². The summed E-state index contributed by atoms with van der Waals surface area (Å²) in [6.07, 6.45) is 10.6. The Hall–Kier alpha value is -0.606. The molecule has 0 N–H and O–H groups in total. The zero-order valence-electron chi connectivity index (χ0n) is 26.7. The molecule has 0 bridgehead atoms. The van der Waals surface area contributed by atoms with Crippen molar-refractivity contribution in [3.05, 3.63) is 0 Å². The molecule has 222 valence electrons. The summed E-state index contributed by atoms with van der Waals surface area (Å²) >= 11 is 0. The molecule has 4 aliphatic rings. The molecule has 0 aromatic carbocycles. The van der Waals surface area contributed by atoms with Crippen molar-refractivity contribution in [2.75, 3.05) is 26.4 Å². The van der Waals surface area contributed by atoms with Crippen LogP contribution < -0.4 is 0 Å². The molecule has 6 heteroatoms. The maximum atomic E-state index is 5.98. The highest BCUT2D eigenvalue weighted by Gasteiger charge is 2.36. The molecule has 4 fully saturated rings. The minimum atomic E-state index is -1.37. The first-order valence-electron chi connectivity index (χ1n) is 15.8. The van der Waals surface area contributed by atoms with Gasteiger partial charge in [0.2, 0.25) is 12.1 Å². The summed E-state index contributed by atoms with van der Waals surface area (Å²) in [7, 11) is -2.69. The van der Waals surface area contributed by atoms with Gasteiger partial charge in [0.1, 0.15) is 16.1 Å². The topological polar surface area (TPSA) is 36.9 Å². The SMILES string of the molecule is CC1CCC(C2COC(C#C[Si](C)(C)C)OC2)CC1.CC1CCC(C2COC(C)(C#C[Si](C)(C)C)OC2)CC1. The molecule has 2 aliphatic heterocycles. The summed E-state index contributed by atoms with van der Waals surface area (Å²) in [6.45, 7) is 23.5. The monoisotopic (exact) mass is 574 g/mol. The van der Waals surface area contributed by atoms with Crippen molar-refractivity contribution in [2.45, 2.75) is 123 Å². The molecule has 0 aromatic heterocycles. The summed E-state index contributed by atoms with van der Waals surface area (Å²) in [5.41, 5.74) is 6.70. The van der Waals surface area contributed by atoms with Gasteiger partial charge in [-0.2, -0.15) is 0 Å². The van der Waals surface area contributed by atoms with Gasteiger partial charge in [0.25, 0.3) is 0 Å². The average molecular weight is 575 g/mol. The maximum absolute atomic E-state index is 5.98. The lowest BCUT2D eigenvalue weighted by atomic mass is 9.76. The lowest BCUT2D eigenvalue weighted by molar-refractivity contribution is -0.245. The van der Waals surface area contributed by atoms with Crippen molar-refractivity contribution in [1.82, 2.24) is 0 Å². The molecule has 2 heterocycles. The van der Waals surface area contributed by atoms with Crippen molar-refractivity contribution >= 4 is 16.1 Å². The maximum Gasteiger partial charge on any atom is 0.230 e. The van der Waals surface area contributed by atoms with Crippen LogP contribution in [-0.4, -0.2) is 54.7 Å². The molecule has 2 saturated carbocycles. The van der Waals surface area contributed by atoms with Crippen molar-refractivity contribution in [3.63, 3.8) is 0 Å². The molecule has 0 unspecified atom stereocenters. The fraction of sp³-hybridized carbons (Fsp3) is 0.879. The van der Waals surface area contributed by atoms with Gasteiger partial charge in [0, 0.05) is 18.8 Å². The molecule has 4 nitrogen and oxygen atoms in total. The van der Waals surface area contributed by atoms with E-state index in [1.807, 2.05) is 6.92 Å². The highest BCUT2D eigenvalue weighted by Crippen LogP contribution is 2.37. The first-order valence-corrected chi connectivity index (χ1v) is 22.8. The Morgan fingerprint density at radius 2 is 0.974 bits per heavy atom.